The van der Waals surface area contributed by atoms with Crippen molar-refractivity contribution in [3.8, 4) is 0 Å². The van der Waals surface area contributed by atoms with E-state index in [2.05, 4.69) is 9.46 Å². The summed E-state index contributed by atoms with van der Waals surface area (Å²) in [6.07, 6.45) is -0.421. The Kier molecular flexibility index (Phi) is 6.76. The zero-order valence-electron chi connectivity index (χ0n) is 12.2. The maximum Gasteiger partial charge on any atom is 0.339 e. The molecule has 0 spiro atoms. The summed E-state index contributed by atoms with van der Waals surface area (Å²) in [6.45, 7) is 0.278. The minimum Gasteiger partial charge on any atom is -0.465 e. The number of hydrogen-bond donors (Lipinski definition) is 1. The Bertz CT molecular complexity index is 572. The Hall–Kier alpha value is -1.48. The third-order valence-electron chi connectivity index (χ3n) is 2.77. The van der Waals surface area contributed by atoms with Crippen LogP contribution in [-0.2, 0) is 24.2 Å². The molecule has 7 nitrogen and oxygen atoms in total. The molecule has 0 aliphatic heterocycles. The lowest BCUT2D eigenvalue weighted by atomic mass is 10.2. The molecule has 1 N–H and O–H groups in total. The van der Waals surface area contributed by atoms with Gasteiger partial charge in [0.25, 0.3) is 0 Å². The second-order valence-electron chi connectivity index (χ2n) is 4.15. The fraction of sp³-hybridized carbons (Fsp3) is 0.462. The zero-order chi connectivity index (χ0) is 15.9. The molecule has 0 saturated carbocycles. The Balaban J connectivity index is 2.95. The quantitative estimate of drug-likeness (QED) is 0.699. The molecule has 0 aliphatic carbocycles. The van der Waals surface area contributed by atoms with Crippen molar-refractivity contribution in [1.82, 2.24) is 4.72 Å². The zero-order valence-corrected chi connectivity index (χ0v) is 13.0. The van der Waals surface area contributed by atoms with Gasteiger partial charge in [-0.3, -0.25) is 0 Å². The van der Waals surface area contributed by atoms with Crippen LogP contribution in [0.15, 0.2) is 29.2 Å². The molecule has 1 aromatic carbocycles. The smallest absolute Gasteiger partial charge is 0.339 e. The molecule has 0 fully saturated rings. The van der Waals surface area contributed by atoms with Crippen LogP contribution in [0.3, 0.4) is 0 Å². The van der Waals surface area contributed by atoms with Crippen LogP contribution >= 0.6 is 0 Å². The predicted octanol–water partition coefficient (Wildman–Crippen LogP) is 0.413. The molecule has 8 heteroatoms. The SMILES string of the molecule is COCC(CNS(=O)(=O)c1ccccc1C(=O)OC)OC. The van der Waals surface area contributed by atoms with Crippen molar-refractivity contribution in [2.75, 3.05) is 34.5 Å². The van der Waals surface area contributed by atoms with Crippen LogP contribution < -0.4 is 4.72 Å². The fourth-order valence-corrected chi connectivity index (χ4v) is 2.92. The summed E-state index contributed by atoms with van der Waals surface area (Å²) in [5, 5.41) is 0. The molecule has 1 unspecified atom stereocenters. The van der Waals surface area contributed by atoms with Crippen LogP contribution in [0.25, 0.3) is 0 Å². The van der Waals surface area contributed by atoms with Gasteiger partial charge < -0.3 is 14.2 Å². The maximum atomic E-state index is 12.3. The van der Waals surface area contributed by atoms with E-state index in [-0.39, 0.29) is 23.6 Å². The molecule has 0 bridgehead atoms. The van der Waals surface area contributed by atoms with Gasteiger partial charge in [0, 0.05) is 20.8 Å². The fourth-order valence-electron chi connectivity index (χ4n) is 1.66. The van der Waals surface area contributed by atoms with E-state index in [1.165, 1.54) is 39.5 Å². The lowest BCUT2D eigenvalue weighted by Crippen LogP contribution is -2.36. The predicted molar refractivity (Wildman–Crippen MR) is 75.6 cm³/mol. The standard InChI is InChI=1S/C13H19NO6S/c1-18-9-10(19-2)8-14-21(16,17)12-7-5-4-6-11(12)13(15)20-3/h4-7,10,14H,8-9H2,1-3H3. The highest BCUT2D eigenvalue weighted by Crippen LogP contribution is 2.16. The van der Waals surface area contributed by atoms with Gasteiger partial charge in [-0.05, 0) is 12.1 Å². The van der Waals surface area contributed by atoms with Gasteiger partial charge in [-0.1, -0.05) is 12.1 Å². The molecule has 0 aromatic heterocycles. The highest BCUT2D eigenvalue weighted by Gasteiger charge is 2.23. The molecule has 1 rings (SSSR count). The molecule has 0 heterocycles. The number of benzene rings is 1. The van der Waals surface area contributed by atoms with Gasteiger partial charge in [0.05, 0.1) is 30.3 Å². The second kappa shape index (κ2) is 8.08. The van der Waals surface area contributed by atoms with Crippen molar-refractivity contribution >= 4 is 16.0 Å². The van der Waals surface area contributed by atoms with E-state index in [9.17, 15) is 13.2 Å². The number of nitrogens with one attached hydrogen (secondary N) is 1. The Labute approximate surface area is 124 Å². The van der Waals surface area contributed by atoms with E-state index in [1.807, 2.05) is 0 Å². The van der Waals surface area contributed by atoms with Crippen LogP contribution in [0.1, 0.15) is 10.4 Å². The van der Waals surface area contributed by atoms with E-state index in [0.29, 0.717) is 0 Å². The minimum atomic E-state index is -3.86. The van der Waals surface area contributed by atoms with Gasteiger partial charge >= 0.3 is 5.97 Å². The summed E-state index contributed by atoms with van der Waals surface area (Å²) in [5.74, 6) is -0.712. The van der Waals surface area contributed by atoms with Crippen molar-refractivity contribution in [2.24, 2.45) is 0 Å². The van der Waals surface area contributed by atoms with E-state index in [0.717, 1.165) is 0 Å². The van der Waals surface area contributed by atoms with E-state index < -0.39 is 22.1 Å². The number of hydrogen-bond acceptors (Lipinski definition) is 6. The molecule has 0 aliphatic rings. The summed E-state index contributed by atoms with van der Waals surface area (Å²) in [6, 6.07) is 5.83. The Morgan fingerprint density at radius 1 is 1.24 bits per heavy atom. The monoisotopic (exact) mass is 317 g/mol. The molecule has 0 radical (unpaired) electrons. The largest absolute Gasteiger partial charge is 0.465 e. The molecule has 0 saturated heterocycles. The number of sulfonamides is 1. The van der Waals surface area contributed by atoms with Crippen molar-refractivity contribution in [3.05, 3.63) is 29.8 Å². The molecule has 0 amide bonds. The first kappa shape index (κ1) is 17.6. The highest BCUT2D eigenvalue weighted by molar-refractivity contribution is 7.89. The Morgan fingerprint density at radius 3 is 2.48 bits per heavy atom. The van der Waals surface area contributed by atoms with E-state index >= 15 is 0 Å². The first-order chi connectivity index (χ1) is 9.96. The maximum absolute atomic E-state index is 12.3. The number of carbonyl (C=O) groups excluding carboxylic acids is 1. The number of ether oxygens (including phenoxy) is 3. The molecular weight excluding hydrogens is 298 g/mol. The third kappa shape index (κ3) is 4.78. The first-order valence-corrected chi connectivity index (χ1v) is 7.63. The van der Waals surface area contributed by atoms with Crippen LogP contribution in [-0.4, -0.2) is 55.0 Å². The summed E-state index contributed by atoms with van der Waals surface area (Å²) >= 11 is 0. The van der Waals surface area contributed by atoms with Crippen molar-refractivity contribution < 1.29 is 27.4 Å². The normalized spacial score (nSPS) is 12.9. The van der Waals surface area contributed by atoms with Gasteiger partial charge in [0.15, 0.2) is 0 Å². The van der Waals surface area contributed by atoms with E-state index in [1.54, 1.807) is 6.07 Å². The van der Waals surface area contributed by atoms with Gasteiger partial charge in [0.1, 0.15) is 0 Å². The third-order valence-corrected chi connectivity index (χ3v) is 4.25. The van der Waals surface area contributed by atoms with Crippen LogP contribution in [0, 0.1) is 0 Å². The molecule has 21 heavy (non-hydrogen) atoms. The molecule has 118 valence electrons. The number of rotatable bonds is 8. The first-order valence-electron chi connectivity index (χ1n) is 6.15. The van der Waals surface area contributed by atoms with Crippen LogP contribution in [0.2, 0.25) is 0 Å². The Morgan fingerprint density at radius 2 is 1.90 bits per heavy atom. The van der Waals surface area contributed by atoms with Crippen molar-refractivity contribution in [1.29, 1.82) is 0 Å². The van der Waals surface area contributed by atoms with Crippen LogP contribution in [0.4, 0.5) is 0 Å². The number of methoxy groups -OCH3 is 3. The van der Waals surface area contributed by atoms with Gasteiger partial charge in [0.2, 0.25) is 10.0 Å². The average molecular weight is 317 g/mol. The van der Waals surface area contributed by atoms with Crippen LogP contribution in [0.5, 0.6) is 0 Å². The second-order valence-corrected chi connectivity index (χ2v) is 5.89. The number of esters is 1. The minimum absolute atomic E-state index is 0.0202. The summed E-state index contributed by atoms with van der Waals surface area (Å²) < 4.78 is 41.5. The van der Waals surface area contributed by atoms with Crippen molar-refractivity contribution in [2.45, 2.75) is 11.0 Å². The van der Waals surface area contributed by atoms with Crippen molar-refractivity contribution in [3.63, 3.8) is 0 Å². The highest BCUT2D eigenvalue weighted by atomic mass is 32.2. The summed E-state index contributed by atoms with van der Waals surface area (Å²) in [4.78, 5) is 11.5. The molecule has 1 atom stereocenters. The van der Waals surface area contributed by atoms with Gasteiger partial charge in [-0.25, -0.2) is 17.9 Å². The lowest BCUT2D eigenvalue weighted by Gasteiger charge is -2.16. The van der Waals surface area contributed by atoms with E-state index in [4.69, 9.17) is 9.47 Å². The van der Waals surface area contributed by atoms with Gasteiger partial charge in [-0.2, -0.15) is 0 Å². The topological polar surface area (TPSA) is 90.9 Å². The molecular formula is C13H19NO6S. The lowest BCUT2D eigenvalue weighted by molar-refractivity contribution is 0.0320. The van der Waals surface area contributed by atoms with Gasteiger partial charge in [-0.15, -0.1) is 0 Å². The average Bonchev–Trinajstić information content (AvgIpc) is 2.50. The molecule has 1 aromatic rings. The number of carbonyl (C=O) groups is 1. The summed E-state index contributed by atoms with van der Waals surface area (Å²) in [7, 11) is 0.289. The summed E-state index contributed by atoms with van der Waals surface area (Å²) in [5.41, 5.74) is -0.0202.